The van der Waals surface area contributed by atoms with E-state index in [1.165, 1.54) is 32.2 Å². The predicted octanol–water partition coefficient (Wildman–Crippen LogP) is 1.37. The Morgan fingerprint density at radius 2 is 2.10 bits per heavy atom. The maximum Gasteiger partial charge on any atom is 0.347 e. The van der Waals surface area contributed by atoms with E-state index in [0.29, 0.717) is 18.6 Å². The Balaban J connectivity index is 2.33. The molecule has 1 fully saturated rings. The van der Waals surface area contributed by atoms with Gasteiger partial charge >= 0.3 is 11.9 Å². The lowest BCUT2D eigenvalue weighted by atomic mass is 10.1. The zero-order valence-corrected chi connectivity index (χ0v) is 11.2. The third kappa shape index (κ3) is 2.79. The molecule has 0 aliphatic carbocycles. The molecular formula is C14H14O6. The van der Waals surface area contributed by atoms with Gasteiger partial charge in [0.25, 0.3) is 0 Å². The van der Waals surface area contributed by atoms with E-state index >= 15 is 0 Å². The van der Waals surface area contributed by atoms with Crippen LogP contribution in [0.3, 0.4) is 0 Å². The summed E-state index contributed by atoms with van der Waals surface area (Å²) < 4.78 is 14.9. The number of carbonyl (C=O) groups is 3. The molecule has 1 aliphatic heterocycles. The van der Waals surface area contributed by atoms with Crippen LogP contribution in [0.5, 0.6) is 5.75 Å². The maximum absolute atomic E-state index is 11.7. The second-order valence-corrected chi connectivity index (χ2v) is 4.32. The molecule has 0 amide bonds. The number of hydrogen-bond acceptors (Lipinski definition) is 6. The molecule has 2 rings (SSSR count). The number of esters is 2. The van der Waals surface area contributed by atoms with Gasteiger partial charge in [0.15, 0.2) is 11.9 Å². The molecule has 1 aromatic rings. The topological polar surface area (TPSA) is 78.9 Å². The van der Waals surface area contributed by atoms with Crippen LogP contribution in [-0.4, -0.2) is 37.5 Å². The molecule has 1 heterocycles. The van der Waals surface area contributed by atoms with Gasteiger partial charge in [0.2, 0.25) is 0 Å². The van der Waals surface area contributed by atoms with E-state index in [1.54, 1.807) is 0 Å². The molecule has 0 unspecified atom stereocenters. The van der Waals surface area contributed by atoms with Crippen molar-refractivity contribution in [2.75, 3.05) is 13.7 Å². The van der Waals surface area contributed by atoms with E-state index in [4.69, 9.17) is 9.47 Å². The average molecular weight is 278 g/mol. The van der Waals surface area contributed by atoms with Gasteiger partial charge in [-0.2, -0.15) is 0 Å². The largest absolute Gasteiger partial charge is 0.478 e. The Labute approximate surface area is 115 Å². The Bertz CT molecular complexity index is 563. The van der Waals surface area contributed by atoms with E-state index in [1.807, 2.05) is 0 Å². The second-order valence-electron chi connectivity index (χ2n) is 4.32. The van der Waals surface area contributed by atoms with Gasteiger partial charge in [0.1, 0.15) is 11.3 Å². The molecule has 6 nitrogen and oxygen atoms in total. The van der Waals surface area contributed by atoms with Crippen LogP contribution >= 0.6 is 0 Å². The summed E-state index contributed by atoms with van der Waals surface area (Å²) in [5.74, 6) is -1.07. The summed E-state index contributed by atoms with van der Waals surface area (Å²) in [5, 5.41) is 0. The number of cyclic esters (lactones) is 1. The molecule has 0 radical (unpaired) electrons. The monoisotopic (exact) mass is 278 g/mol. The number of ether oxygens (including phenoxy) is 3. The summed E-state index contributed by atoms with van der Waals surface area (Å²) in [7, 11) is 1.23. The number of methoxy groups -OCH3 is 1. The number of Topliss-reactive ketones (excluding diaryl/α,β-unsaturated/α-hetero) is 1. The summed E-state index contributed by atoms with van der Waals surface area (Å²) in [6, 6.07) is 4.41. The predicted molar refractivity (Wildman–Crippen MR) is 67.8 cm³/mol. The van der Waals surface area contributed by atoms with Crippen LogP contribution in [0, 0.1) is 0 Å². The van der Waals surface area contributed by atoms with Crippen molar-refractivity contribution in [2.45, 2.75) is 19.4 Å². The highest BCUT2D eigenvalue weighted by Crippen LogP contribution is 2.25. The number of ketones is 1. The highest BCUT2D eigenvalue weighted by Gasteiger charge is 2.30. The van der Waals surface area contributed by atoms with Gasteiger partial charge in [0.05, 0.1) is 13.7 Å². The van der Waals surface area contributed by atoms with E-state index in [9.17, 15) is 14.4 Å². The smallest absolute Gasteiger partial charge is 0.347 e. The lowest BCUT2D eigenvalue weighted by Crippen LogP contribution is -2.23. The van der Waals surface area contributed by atoms with E-state index < -0.39 is 18.0 Å². The third-order valence-corrected chi connectivity index (χ3v) is 2.95. The van der Waals surface area contributed by atoms with Gasteiger partial charge in [-0.15, -0.1) is 0 Å². The summed E-state index contributed by atoms with van der Waals surface area (Å²) in [5.41, 5.74) is 0.478. The molecule has 0 N–H and O–H groups in total. The molecule has 106 valence electrons. The molecule has 0 saturated carbocycles. The molecule has 1 atom stereocenters. The van der Waals surface area contributed by atoms with Crippen molar-refractivity contribution in [3.05, 3.63) is 29.3 Å². The van der Waals surface area contributed by atoms with Gasteiger partial charge < -0.3 is 14.2 Å². The van der Waals surface area contributed by atoms with Crippen molar-refractivity contribution in [3.8, 4) is 5.75 Å². The quantitative estimate of drug-likeness (QED) is 0.611. The van der Waals surface area contributed by atoms with Crippen LogP contribution in [0.4, 0.5) is 0 Å². The molecule has 6 heteroatoms. The number of carbonyl (C=O) groups excluding carboxylic acids is 3. The van der Waals surface area contributed by atoms with Crippen molar-refractivity contribution >= 4 is 17.7 Å². The standard InChI is InChI=1S/C14H14O6/c1-8(15)9-3-4-11(10(7-9)13(16)18-2)20-12-5-6-19-14(12)17/h3-4,7,12H,5-6H2,1-2H3/t12-/m0/s1. The van der Waals surface area contributed by atoms with Crippen LogP contribution in [0.2, 0.25) is 0 Å². The minimum atomic E-state index is -0.735. The van der Waals surface area contributed by atoms with Crippen molar-refractivity contribution < 1.29 is 28.6 Å². The SMILES string of the molecule is COC(=O)c1cc(C(C)=O)ccc1O[C@H]1CCOC1=O. The minimum absolute atomic E-state index is 0.111. The highest BCUT2D eigenvalue weighted by molar-refractivity contribution is 5.99. The van der Waals surface area contributed by atoms with Gasteiger partial charge in [-0.3, -0.25) is 4.79 Å². The van der Waals surface area contributed by atoms with Crippen LogP contribution in [0.1, 0.15) is 34.1 Å². The van der Waals surface area contributed by atoms with Gasteiger partial charge in [-0.1, -0.05) is 0 Å². The van der Waals surface area contributed by atoms with Crippen LogP contribution < -0.4 is 4.74 Å². The summed E-state index contributed by atoms with van der Waals surface area (Å²) in [6.07, 6.45) is -0.310. The molecule has 0 spiro atoms. The zero-order chi connectivity index (χ0) is 14.7. The lowest BCUT2D eigenvalue weighted by molar-refractivity contribution is -0.143. The Morgan fingerprint density at radius 1 is 1.35 bits per heavy atom. The molecule has 0 bridgehead atoms. The fraction of sp³-hybridized carbons (Fsp3) is 0.357. The van der Waals surface area contributed by atoms with Gasteiger partial charge in [0, 0.05) is 12.0 Å². The lowest BCUT2D eigenvalue weighted by Gasteiger charge is -2.13. The number of hydrogen-bond donors (Lipinski definition) is 0. The number of benzene rings is 1. The van der Waals surface area contributed by atoms with Crippen molar-refractivity contribution in [3.63, 3.8) is 0 Å². The number of rotatable bonds is 4. The first-order valence-electron chi connectivity index (χ1n) is 6.09. The summed E-state index contributed by atoms with van der Waals surface area (Å²) in [6.45, 7) is 1.69. The Morgan fingerprint density at radius 3 is 2.65 bits per heavy atom. The van der Waals surface area contributed by atoms with Gasteiger partial charge in [-0.25, -0.2) is 9.59 Å². The maximum atomic E-state index is 11.7. The minimum Gasteiger partial charge on any atom is -0.478 e. The van der Waals surface area contributed by atoms with Crippen LogP contribution in [0.15, 0.2) is 18.2 Å². The van der Waals surface area contributed by atoms with Crippen molar-refractivity contribution in [1.82, 2.24) is 0 Å². The van der Waals surface area contributed by atoms with Crippen molar-refractivity contribution in [1.29, 1.82) is 0 Å². The second kappa shape index (κ2) is 5.73. The highest BCUT2D eigenvalue weighted by atomic mass is 16.6. The third-order valence-electron chi connectivity index (χ3n) is 2.95. The van der Waals surface area contributed by atoms with Gasteiger partial charge in [-0.05, 0) is 25.1 Å². The first kappa shape index (κ1) is 14.0. The molecule has 1 aromatic carbocycles. The normalized spacial score (nSPS) is 17.5. The van der Waals surface area contributed by atoms with Crippen molar-refractivity contribution in [2.24, 2.45) is 0 Å². The molecule has 20 heavy (non-hydrogen) atoms. The molecule has 1 aliphatic rings. The average Bonchev–Trinajstić information content (AvgIpc) is 2.83. The summed E-state index contributed by atoms with van der Waals surface area (Å²) in [4.78, 5) is 34.5. The summed E-state index contributed by atoms with van der Waals surface area (Å²) >= 11 is 0. The fourth-order valence-electron chi connectivity index (χ4n) is 1.86. The molecule has 1 saturated heterocycles. The molecular weight excluding hydrogens is 264 g/mol. The Kier molecular flexibility index (Phi) is 4.02. The van der Waals surface area contributed by atoms with E-state index in [-0.39, 0.29) is 17.1 Å². The first-order valence-corrected chi connectivity index (χ1v) is 6.09. The van der Waals surface area contributed by atoms with Crippen LogP contribution in [0.25, 0.3) is 0 Å². The van der Waals surface area contributed by atoms with E-state index in [0.717, 1.165) is 0 Å². The van der Waals surface area contributed by atoms with Crippen LogP contribution in [-0.2, 0) is 14.3 Å². The Hall–Kier alpha value is -2.37. The first-order chi connectivity index (χ1) is 9.52. The zero-order valence-electron chi connectivity index (χ0n) is 11.2. The fourth-order valence-corrected chi connectivity index (χ4v) is 1.86. The molecule has 0 aromatic heterocycles. The van der Waals surface area contributed by atoms with E-state index in [2.05, 4.69) is 4.74 Å².